The zero-order valence-corrected chi connectivity index (χ0v) is 19.8. The van der Waals surface area contributed by atoms with Gasteiger partial charge in [-0.15, -0.1) is 0 Å². The largest absolute Gasteiger partial charge is 0.401 e. The Kier molecular flexibility index (Phi) is 7.51. The lowest BCUT2D eigenvalue weighted by Gasteiger charge is -2.45. The highest BCUT2D eigenvalue weighted by atomic mass is 32.2. The Morgan fingerprint density at radius 3 is 2.29 bits per heavy atom. The van der Waals surface area contributed by atoms with E-state index in [1.165, 1.54) is 16.5 Å². The van der Waals surface area contributed by atoms with Crippen molar-refractivity contribution in [1.82, 2.24) is 9.80 Å². The van der Waals surface area contributed by atoms with Crippen molar-refractivity contribution < 1.29 is 21.6 Å². The van der Waals surface area contributed by atoms with Crippen LogP contribution < -0.4 is 10.0 Å². The van der Waals surface area contributed by atoms with E-state index in [1.54, 1.807) is 12.1 Å². The Hall–Kier alpha value is -2.14. The maximum atomic E-state index is 12.7. The minimum atomic E-state index is -4.15. The third kappa shape index (κ3) is 6.50. The number of piperidine rings is 1. The molecule has 0 spiro atoms. The van der Waals surface area contributed by atoms with Gasteiger partial charge in [-0.1, -0.05) is 36.4 Å². The van der Waals surface area contributed by atoms with Crippen LogP contribution in [0.1, 0.15) is 24.4 Å². The Balaban J connectivity index is 1.46. The minimum absolute atomic E-state index is 0.0920. The second-order valence-corrected chi connectivity index (χ2v) is 10.8. The summed E-state index contributed by atoms with van der Waals surface area (Å²) in [7, 11) is -3.79. The number of sulfonamides is 1. The summed E-state index contributed by atoms with van der Waals surface area (Å²) in [4.78, 5) is 6.20. The van der Waals surface area contributed by atoms with Gasteiger partial charge in [0.1, 0.15) is 0 Å². The molecule has 0 saturated carbocycles. The maximum absolute atomic E-state index is 12.7. The Morgan fingerprint density at radius 1 is 0.941 bits per heavy atom. The highest BCUT2D eigenvalue weighted by Gasteiger charge is 2.34. The average Bonchev–Trinajstić information content (AvgIpc) is 2.80. The predicted molar refractivity (Wildman–Crippen MR) is 126 cm³/mol. The summed E-state index contributed by atoms with van der Waals surface area (Å²) in [5, 5.41) is 5.32. The first-order valence-corrected chi connectivity index (χ1v) is 13.1. The third-order valence-electron chi connectivity index (χ3n) is 6.79. The van der Waals surface area contributed by atoms with Crippen LogP contribution in [0.5, 0.6) is 0 Å². The van der Waals surface area contributed by atoms with Gasteiger partial charge in [0.2, 0.25) is 10.0 Å². The molecule has 1 atom stereocenters. The minimum Gasteiger partial charge on any atom is -0.368 e. The van der Waals surface area contributed by atoms with Crippen molar-refractivity contribution in [2.75, 3.05) is 50.7 Å². The SMILES string of the molecule is NS(=O)(=O)c1cccc(N2CCN(CC3CCN(CC(F)(F)F)CC3)[C@@H](c3ccccc3)C2)c1. The molecule has 6 nitrogen and oxygen atoms in total. The summed E-state index contributed by atoms with van der Waals surface area (Å²) < 4.78 is 61.8. The van der Waals surface area contributed by atoms with Gasteiger partial charge in [0, 0.05) is 31.9 Å². The predicted octanol–water partition coefficient (Wildman–Crippen LogP) is 3.47. The first-order valence-electron chi connectivity index (χ1n) is 11.5. The highest BCUT2D eigenvalue weighted by Crippen LogP contribution is 2.32. The smallest absolute Gasteiger partial charge is 0.368 e. The molecule has 2 heterocycles. The molecule has 2 N–H and O–H groups in total. The van der Waals surface area contributed by atoms with Crippen LogP contribution in [0.15, 0.2) is 59.5 Å². The number of alkyl halides is 3. The molecule has 2 aromatic rings. The molecule has 0 amide bonds. The van der Waals surface area contributed by atoms with Crippen molar-refractivity contribution in [1.29, 1.82) is 0 Å². The zero-order valence-electron chi connectivity index (χ0n) is 19.0. The number of halogens is 3. The molecule has 0 aliphatic carbocycles. The maximum Gasteiger partial charge on any atom is 0.401 e. The molecule has 2 fully saturated rings. The Bertz CT molecular complexity index is 1060. The van der Waals surface area contributed by atoms with E-state index in [0.29, 0.717) is 25.6 Å². The Labute approximate surface area is 199 Å². The van der Waals surface area contributed by atoms with Gasteiger partial charge in [-0.3, -0.25) is 9.80 Å². The topological polar surface area (TPSA) is 69.9 Å². The van der Waals surface area contributed by atoms with Gasteiger partial charge in [-0.25, -0.2) is 13.6 Å². The van der Waals surface area contributed by atoms with Gasteiger partial charge in [-0.05, 0) is 55.6 Å². The van der Waals surface area contributed by atoms with Crippen molar-refractivity contribution in [2.24, 2.45) is 11.1 Å². The summed E-state index contributed by atoms with van der Waals surface area (Å²) >= 11 is 0. The van der Waals surface area contributed by atoms with E-state index in [1.807, 2.05) is 24.3 Å². The lowest BCUT2D eigenvalue weighted by Crippen LogP contribution is -2.51. The number of primary sulfonamides is 1. The normalized spacial score (nSPS) is 21.6. The van der Waals surface area contributed by atoms with E-state index in [2.05, 4.69) is 21.9 Å². The van der Waals surface area contributed by atoms with Gasteiger partial charge < -0.3 is 4.90 Å². The standard InChI is InChI=1S/C24H31F3N4O2S/c25-24(26,27)18-29-11-9-19(10-12-29)16-31-14-13-30(17-23(31)20-5-2-1-3-6-20)21-7-4-8-22(15-21)34(28,32)33/h1-8,15,19,23H,9-14,16-18H2,(H2,28,32,33)/t23-/m1/s1. The van der Waals surface area contributed by atoms with Gasteiger partial charge in [0.05, 0.1) is 17.5 Å². The first kappa shape index (κ1) is 25.0. The lowest BCUT2D eigenvalue weighted by molar-refractivity contribution is -0.148. The molecule has 2 aliphatic heterocycles. The van der Waals surface area contributed by atoms with E-state index in [-0.39, 0.29) is 10.9 Å². The number of nitrogens with zero attached hydrogens (tertiary/aromatic N) is 3. The van der Waals surface area contributed by atoms with E-state index in [4.69, 9.17) is 5.14 Å². The van der Waals surface area contributed by atoms with Gasteiger partial charge in [0.25, 0.3) is 0 Å². The van der Waals surface area contributed by atoms with E-state index in [9.17, 15) is 21.6 Å². The number of rotatable bonds is 6. The molecule has 0 unspecified atom stereocenters. The van der Waals surface area contributed by atoms with Crippen LogP contribution in [-0.2, 0) is 10.0 Å². The van der Waals surface area contributed by atoms with Crippen LogP contribution in [0.4, 0.5) is 18.9 Å². The number of piperazine rings is 1. The molecule has 2 aliphatic rings. The van der Waals surface area contributed by atoms with E-state index in [0.717, 1.165) is 38.2 Å². The molecule has 0 radical (unpaired) electrons. The van der Waals surface area contributed by atoms with Crippen molar-refractivity contribution in [2.45, 2.75) is 30.0 Å². The number of anilines is 1. The van der Waals surface area contributed by atoms with E-state index < -0.39 is 22.7 Å². The second-order valence-electron chi connectivity index (χ2n) is 9.24. The quantitative estimate of drug-likeness (QED) is 0.663. The van der Waals surface area contributed by atoms with Crippen LogP contribution in [0.3, 0.4) is 0 Å². The van der Waals surface area contributed by atoms with Crippen LogP contribution in [0.25, 0.3) is 0 Å². The molecule has 4 rings (SSSR count). The molecular weight excluding hydrogens is 465 g/mol. The number of benzene rings is 2. The molecule has 0 bridgehead atoms. The summed E-state index contributed by atoms with van der Waals surface area (Å²) in [5.74, 6) is 0.355. The molecule has 186 valence electrons. The average molecular weight is 497 g/mol. The van der Waals surface area contributed by atoms with Crippen LogP contribution in [-0.4, -0.2) is 70.2 Å². The van der Waals surface area contributed by atoms with Crippen LogP contribution in [0, 0.1) is 5.92 Å². The van der Waals surface area contributed by atoms with Gasteiger partial charge in [0.15, 0.2) is 0 Å². The third-order valence-corrected chi connectivity index (χ3v) is 7.70. The summed E-state index contributed by atoms with van der Waals surface area (Å²) in [6.07, 6.45) is -2.63. The molecule has 2 aromatic carbocycles. The van der Waals surface area contributed by atoms with Gasteiger partial charge >= 0.3 is 6.18 Å². The monoisotopic (exact) mass is 496 g/mol. The molecule has 34 heavy (non-hydrogen) atoms. The fraction of sp³-hybridized carbons (Fsp3) is 0.500. The van der Waals surface area contributed by atoms with Crippen LogP contribution in [0.2, 0.25) is 0 Å². The fourth-order valence-corrected chi connectivity index (χ4v) is 5.59. The summed E-state index contributed by atoms with van der Waals surface area (Å²) in [5.41, 5.74) is 1.98. The van der Waals surface area contributed by atoms with Crippen molar-refractivity contribution >= 4 is 15.7 Å². The molecular formula is C24H31F3N4O2S. The number of hydrogen-bond donors (Lipinski definition) is 1. The van der Waals surface area contributed by atoms with Crippen LogP contribution >= 0.6 is 0 Å². The number of nitrogens with two attached hydrogens (primary N) is 1. The first-order chi connectivity index (χ1) is 16.1. The number of hydrogen-bond acceptors (Lipinski definition) is 5. The number of likely N-dealkylation sites (tertiary alicyclic amines) is 1. The van der Waals surface area contributed by atoms with Gasteiger partial charge in [-0.2, -0.15) is 13.2 Å². The molecule has 2 saturated heterocycles. The van der Waals surface area contributed by atoms with Crippen molar-refractivity contribution in [3.05, 3.63) is 60.2 Å². The molecule has 10 heteroatoms. The summed E-state index contributed by atoms with van der Waals surface area (Å²) in [6, 6.07) is 17.0. The zero-order chi connectivity index (χ0) is 24.3. The molecule has 0 aromatic heterocycles. The highest BCUT2D eigenvalue weighted by molar-refractivity contribution is 7.89. The summed E-state index contributed by atoms with van der Waals surface area (Å²) in [6.45, 7) is 3.14. The van der Waals surface area contributed by atoms with Crippen molar-refractivity contribution in [3.63, 3.8) is 0 Å². The second kappa shape index (κ2) is 10.2. The van der Waals surface area contributed by atoms with E-state index >= 15 is 0 Å². The lowest BCUT2D eigenvalue weighted by atomic mass is 9.93. The van der Waals surface area contributed by atoms with Crippen molar-refractivity contribution in [3.8, 4) is 0 Å². The Morgan fingerprint density at radius 2 is 1.65 bits per heavy atom. The fourth-order valence-electron chi connectivity index (χ4n) is 5.03.